The van der Waals surface area contributed by atoms with Crippen molar-refractivity contribution < 1.29 is 4.42 Å². The van der Waals surface area contributed by atoms with Gasteiger partial charge in [0.2, 0.25) is 6.39 Å². The summed E-state index contributed by atoms with van der Waals surface area (Å²) in [5.74, 6) is 0.344. The van der Waals surface area contributed by atoms with Gasteiger partial charge in [-0.3, -0.25) is 4.68 Å². The highest BCUT2D eigenvalue weighted by Gasteiger charge is 2.24. The fraction of sp³-hybridized carbons (Fsp3) is 0.500. The van der Waals surface area contributed by atoms with Gasteiger partial charge in [-0.05, 0) is 27.7 Å². The van der Waals surface area contributed by atoms with Crippen LogP contribution in [0.3, 0.4) is 0 Å². The third kappa shape index (κ3) is 1.71. The van der Waals surface area contributed by atoms with Crippen molar-refractivity contribution in [3.63, 3.8) is 0 Å². The molecule has 2 heterocycles. The lowest BCUT2D eigenvalue weighted by molar-refractivity contribution is 0.348. The SMILES string of the molecule is Cc1c(Cl)c(-c2nnco2)nn1C(C)(C)C. The van der Waals surface area contributed by atoms with Crippen LogP contribution in [0, 0.1) is 6.92 Å². The molecule has 0 unspecified atom stereocenters. The molecule has 0 fully saturated rings. The molecule has 2 rings (SSSR count). The first-order valence-electron chi connectivity index (χ1n) is 4.93. The number of nitrogens with zero attached hydrogens (tertiary/aromatic N) is 4. The summed E-state index contributed by atoms with van der Waals surface area (Å²) in [6, 6.07) is 0. The zero-order valence-corrected chi connectivity index (χ0v) is 10.4. The van der Waals surface area contributed by atoms with Crippen molar-refractivity contribution in [3.05, 3.63) is 17.1 Å². The van der Waals surface area contributed by atoms with E-state index in [1.54, 1.807) is 0 Å². The van der Waals surface area contributed by atoms with E-state index in [9.17, 15) is 0 Å². The standard InChI is InChI=1S/C10H13ClN4O/c1-6-7(11)8(9-13-12-5-16-9)14-15(6)10(2,3)4/h5H,1-4H3. The summed E-state index contributed by atoms with van der Waals surface area (Å²) >= 11 is 6.20. The molecule has 0 aliphatic heterocycles. The van der Waals surface area contributed by atoms with Gasteiger partial charge in [0, 0.05) is 0 Å². The zero-order chi connectivity index (χ0) is 11.9. The van der Waals surface area contributed by atoms with Crippen molar-refractivity contribution in [1.29, 1.82) is 0 Å². The Hall–Kier alpha value is -1.36. The summed E-state index contributed by atoms with van der Waals surface area (Å²) in [6.07, 6.45) is 1.26. The van der Waals surface area contributed by atoms with E-state index in [1.807, 2.05) is 11.6 Å². The molecule has 5 nitrogen and oxygen atoms in total. The smallest absolute Gasteiger partial charge is 0.269 e. The van der Waals surface area contributed by atoms with Gasteiger partial charge >= 0.3 is 0 Å². The predicted molar refractivity (Wildman–Crippen MR) is 60.3 cm³/mol. The van der Waals surface area contributed by atoms with Crippen LogP contribution in [0.2, 0.25) is 5.02 Å². The Morgan fingerprint density at radius 2 is 2.06 bits per heavy atom. The van der Waals surface area contributed by atoms with Crippen LogP contribution in [0.25, 0.3) is 11.6 Å². The number of hydrogen-bond acceptors (Lipinski definition) is 4. The highest BCUT2D eigenvalue weighted by Crippen LogP contribution is 2.31. The number of rotatable bonds is 1. The maximum atomic E-state index is 6.20. The molecule has 6 heteroatoms. The molecular weight excluding hydrogens is 228 g/mol. The Kier molecular flexibility index (Phi) is 2.50. The van der Waals surface area contributed by atoms with E-state index in [-0.39, 0.29) is 5.54 Å². The molecule has 0 amide bonds. The summed E-state index contributed by atoms with van der Waals surface area (Å²) in [4.78, 5) is 0. The molecule has 16 heavy (non-hydrogen) atoms. The lowest BCUT2D eigenvalue weighted by Crippen LogP contribution is -2.24. The van der Waals surface area contributed by atoms with Crippen LogP contribution in [0.5, 0.6) is 0 Å². The van der Waals surface area contributed by atoms with Crippen molar-refractivity contribution in [2.24, 2.45) is 0 Å². The minimum atomic E-state index is -0.133. The quantitative estimate of drug-likeness (QED) is 0.769. The molecule has 0 aliphatic rings. The highest BCUT2D eigenvalue weighted by molar-refractivity contribution is 6.33. The van der Waals surface area contributed by atoms with Gasteiger partial charge in [-0.2, -0.15) is 5.10 Å². The second-order valence-electron chi connectivity index (χ2n) is 4.57. The lowest BCUT2D eigenvalue weighted by atomic mass is 10.1. The third-order valence-electron chi connectivity index (χ3n) is 2.24. The monoisotopic (exact) mass is 240 g/mol. The van der Waals surface area contributed by atoms with Crippen molar-refractivity contribution in [2.75, 3.05) is 0 Å². The molecule has 0 bridgehead atoms. The fourth-order valence-corrected chi connectivity index (χ4v) is 1.75. The fourth-order valence-electron chi connectivity index (χ4n) is 1.55. The lowest BCUT2D eigenvalue weighted by Gasteiger charge is -2.21. The molecule has 0 aliphatic carbocycles. The maximum Gasteiger partial charge on any atom is 0.269 e. The number of aromatic nitrogens is 4. The molecule has 0 aromatic carbocycles. The molecule has 2 aromatic heterocycles. The van der Waals surface area contributed by atoms with Crippen LogP contribution in [-0.2, 0) is 5.54 Å². The summed E-state index contributed by atoms with van der Waals surface area (Å²) in [7, 11) is 0. The van der Waals surface area contributed by atoms with E-state index in [1.165, 1.54) is 6.39 Å². The summed E-state index contributed by atoms with van der Waals surface area (Å²) < 4.78 is 6.95. The average molecular weight is 241 g/mol. The maximum absolute atomic E-state index is 6.20. The van der Waals surface area contributed by atoms with Crippen molar-refractivity contribution in [3.8, 4) is 11.6 Å². The van der Waals surface area contributed by atoms with Crippen LogP contribution in [0.15, 0.2) is 10.8 Å². The summed E-state index contributed by atoms with van der Waals surface area (Å²) in [5.41, 5.74) is 1.29. The van der Waals surface area contributed by atoms with Crippen LogP contribution in [0.4, 0.5) is 0 Å². The average Bonchev–Trinajstić information content (AvgIpc) is 2.75. The summed E-state index contributed by atoms with van der Waals surface area (Å²) in [6.45, 7) is 8.09. The molecule has 0 saturated heterocycles. The van der Waals surface area contributed by atoms with E-state index in [2.05, 4.69) is 36.1 Å². The Morgan fingerprint density at radius 3 is 2.50 bits per heavy atom. The zero-order valence-electron chi connectivity index (χ0n) is 9.65. The molecule has 86 valence electrons. The first-order valence-corrected chi connectivity index (χ1v) is 5.31. The Balaban J connectivity index is 2.59. The van der Waals surface area contributed by atoms with Crippen molar-refractivity contribution in [2.45, 2.75) is 33.2 Å². The van der Waals surface area contributed by atoms with Gasteiger partial charge in [0.15, 0.2) is 5.69 Å². The van der Waals surface area contributed by atoms with Gasteiger partial charge < -0.3 is 4.42 Å². The van der Waals surface area contributed by atoms with Crippen molar-refractivity contribution >= 4 is 11.6 Å². The van der Waals surface area contributed by atoms with Gasteiger partial charge in [-0.1, -0.05) is 11.6 Å². The Labute approximate surface area is 98.4 Å². The number of hydrogen-bond donors (Lipinski definition) is 0. The highest BCUT2D eigenvalue weighted by atomic mass is 35.5. The minimum absolute atomic E-state index is 0.133. The van der Waals surface area contributed by atoms with E-state index >= 15 is 0 Å². The van der Waals surface area contributed by atoms with Crippen LogP contribution in [0.1, 0.15) is 26.5 Å². The van der Waals surface area contributed by atoms with E-state index < -0.39 is 0 Å². The van der Waals surface area contributed by atoms with Gasteiger partial charge in [-0.25, -0.2) is 0 Å². The van der Waals surface area contributed by atoms with Gasteiger partial charge in [0.1, 0.15) is 0 Å². The van der Waals surface area contributed by atoms with Crippen LogP contribution >= 0.6 is 11.6 Å². The van der Waals surface area contributed by atoms with Gasteiger partial charge in [0.05, 0.1) is 16.3 Å². The van der Waals surface area contributed by atoms with Crippen LogP contribution < -0.4 is 0 Å². The number of halogens is 1. The Bertz CT molecular complexity index is 496. The molecular formula is C10H13ClN4O. The van der Waals surface area contributed by atoms with E-state index in [0.717, 1.165) is 5.69 Å². The third-order valence-corrected chi connectivity index (χ3v) is 2.69. The molecule has 0 N–H and O–H groups in total. The topological polar surface area (TPSA) is 56.7 Å². The predicted octanol–water partition coefficient (Wildman–Crippen LogP) is 2.65. The van der Waals surface area contributed by atoms with Gasteiger partial charge in [0.25, 0.3) is 5.89 Å². The minimum Gasteiger partial charge on any atom is -0.422 e. The molecule has 0 spiro atoms. The van der Waals surface area contributed by atoms with E-state index in [0.29, 0.717) is 16.6 Å². The Morgan fingerprint density at radius 1 is 1.38 bits per heavy atom. The van der Waals surface area contributed by atoms with Gasteiger partial charge in [-0.15, -0.1) is 10.2 Å². The second kappa shape index (κ2) is 3.59. The molecule has 0 saturated carbocycles. The normalized spacial score (nSPS) is 12.1. The first-order chi connectivity index (χ1) is 7.41. The molecule has 2 aromatic rings. The second-order valence-corrected chi connectivity index (χ2v) is 4.95. The molecule has 0 radical (unpaired) electrons. The molecule has 0 atom stereocenters. The largest absolute Gasteiger partial charge is 0.422 e. The summed E-state index contributed by atoms with van der Waals surface area (Å²) in [5, 5.41) is 12.4. The first kappa shape index (κ1) is 11.1. The van der Waals surface area contributed by atoms with Crippen LogP contribution in [-0.4, -0.2) is 20.0 Å². The van der Waals surface area contributed by atoms with E-state index in [4.69, 9.17) is 16.0 Å². The van der Waals surface area contributed by atoms with Crippen molar-refractivity contribution in [1.82, 2.24) is 20.0 Å².